The minimum Gasteiger partial charge on any atom is -0.445 e. The Morgan fingerprint density at radius 3 is 0.927 bits per heavy atom. The Hall–Kier alpha value is -8.48. The zero-order chi connectivity index (χ0) is 75.7. The molecule has 2 aliphatic rings. The molecular formula is C85H90NO21P3. The Bertz CT molecular complexity index is 4270. The Labute approximate surface area is 641 Å². The number of hydrogen-bond acceptors (Lipinski definition) is 21. The maximum absolute atomic E-state index is 16.5. The van der Waals surface area contributed by atoms with Gasteiger partial charge in [-0.15, -0.1) is 0 Å². The summed E-state index contributed by atoms with van der Waals surface area (Å²) >= 11 is 0. The molecule has 576 valence electrons. The first-order valence-electron chi connectivity index (χ1n) is 36.3. The number of rotatable bonds is 44. The lowest BCUT2D eigenvalue weighted by molar-refractivity contribution is -0.325. The zero-order valence-corrected chi connectivity index (χ0v) is 63.3. The Morgan fingerprint density at radius 2 is 0.582 bits per heavy atom. The van der Waals surface area contributed by atoms with Crippen LogP contribution in [-0.4, -0.2) is 87.8 Å². The summed E-state index contributed by atoms with van der Waals surface area (Å²) in [7, 11) is -14.9. The van der Waals surface area contributed by atoms with E-state index in [-0.39, 0.29) is 98.9 Å². The highest BCUT2D eigenvalue weighted by molar-refractivity contribution is 7.49. The van der Waals surface area contributed by atoms with Crippen molar-refractivity contribution in [3.63, 3.8) is 0 Å². The lowest BCUT2D eigenvalue weighted by atomic mass is 9.98. The van der Waals surface area contributed by atoms with Crippen LogP contribution in [0.5, 0.6) is 0 Å². The highest BCUT2D eigenvalue weighted by Crippen LogP contribution is 2.59. The van der Waals surface area contributed by atoms with Crippen LogP contribution in [0.2, 0.25) is 0 Å². The predicted octanol–water partition coefficient (Wildman–Crippen LogP) is 18.0. The van der Waals surface area contributed by atoms with E-state index in [9.17, 15) is 4.79 Å². The van der Waals surface area contributed by atoms with Crippen LogP contribution in [0, 0.1) is 0 Å². The van der Waals surface area contributed by atoms with Gasteiger partial charge in [0.05, 0.1) is 79.3 Å². The molecule has 10 aromatic rings. The summed E-state index contributed by atoms with van der Waals surface area (Å²) in [6, 6.07) is 91.7. The van der Waals surface area contributed by atoms with Gasteiger partial charge in [-0.05, 0) is 62.1 Å². The van der Waals surface area contributed by atoms with Gasteiger partial charge >= 0.3 is 29.6 Å². The molecule has 0 spiro atoms. The maximum Gasteiger partial charge on any atom is 0.475 e. The highest BCUT2D eigenvalue weighted by Gasteiger charge is 2.59. The van der Waals surface area contributed by atoms with Crippen molar-refractivity contribution in [2.24, 2.45) is 0 Å². The van der Waals surface area contributed by atoms with Gasteiger partial charge in [-0.3, -0.25) is 40.7 Å². The summed E-state index contributed by atoms with van der Waals surface area (Å²) in [6.07, 6.45) is -14.8. The van der Waals surface area contributed by atoms with Crippen molar-refractivity contribution >= 4 is 29.6 Å². The van der Waals surface area contributed by atoms with Crippen molar-refractivity contribution in [3.05, 3.63) is 359 Å². The topological polar surface area (TPSA) is 237 Å². The number of alkyl carbamates (subject to hydrolysis) is 1. The van der Waals surface area contributed by atoms with E-state index in [2.05, 4.69) is 5.32 Å². The summed E-state index contributed by atoms with van der Waals surface area (Å²) in [5.74, 6) is 0. The van der Waals surface area contributed by atoms with Crippen LogP contribution in [0.3, 0.4) is 0 Å². The van der Waals surface area contributed by atoms with Gasteiger partial charge in [-0.25, -0.2) is 18.5 Å². The third-order valence-electron chi connectivity index (χ3n) is 17.5. The monoisotopic (exact) mass is 1550 g/mol. The zero-order valence-electron chi connectivity index (χ0n) is 60.6. The second-order valence-electron chi connectivity index (χ2n) is 25.8. The minimum absolute atomic E-state index is 0.0157. The van der Waals surface area contributed by atoms with E-state index < -0.39 is 84.9 Å². The van der Waals surface area contributed by atoms with Gasteiger partial charge < -0.3 is 43.2 Å². The number of carbonyl (C=O) groups is 1. The quantitative estimate of drug-likeness (QED) is 0.0276. The van der Waals surface area contributed by atoms with E-state index in [0.29, 0.717) is 38.9 Å². The van der Waals surface area contributed by atoms with E-state index in [4.69, 9.17) is 78.6 Å². The van der Waals surface area contributed by atoms with Crippen molar-refractivity contribution in [3.8, 4) is 0 Å². The summed E-state index contributed by atoms with van der Waals surface area (Å²) in [5.41, 5.74) is 6.81. The number of hydrogen-bond donors (Lipinski definition) is 1. The van der Waals surface area contributed by atoms with Gasteiger partial charge in [0.2, 0.25) is 0 Å². The largest absolute Gasteiger partial charge is 0.475 e. The molecule has 1 amide bonds. The smallest absolute Gasteiger partial charge is 0.445 e. The molecule has 2 heterocycles. The molecule has 2 fully saturated rings. The average Bonchev–Trinajstić information content (AvgIpc) is 1.04. The van der Waals surface area contributed by atoms with Gasteiger partial charge in [-0.1, -0.05) is 303 Å². The van der Waals surface area contributed by atoms with E-state index in [1.54, 1.807) is 72.8 Å². The number of carbonyl (C=O) groups excluding carboxylic acids is 1. The standard InChI is InChI=1S/C85H90NO21P3/c87-85(95-57-69-38-17-4-18-39-69)86-52-31-53-93-83-82(107-110(90,100-62-74-48-27-9-28-49-74)101-63-75-50-29-10-30-51-75)78(76(102-83)64-91-54-66-32-11-1-12-33-66)104-84-81(94-56-68-36-15-3-16-37-68)80(106-109(89,98-60-72-44-23-7-24-45-72)99-61-73-46-25-8-26-47-73)79(77(103-84)65-92-55-67-34-13-2-14-35-67)105-108(88,96-58-70-40-19-5-20-41-70)97-59-71-42-21-6-22-43-71/h1-30,32-51,76-84H,31,52-65H2,(H,86,87)/t76-,77-,78-,79-,80+,81-,82-,83-,84-/m1/s1. The molecule has 1 N–H and O–H groups in total. The number of ether oxygens (including phenoxy) is 8. The summed E-state index contributed by atoms with van der Waals surface area (Å²) in [5, 5.41) is 2.79. The molecule has 10 aromatic carbocycles. The molecule has 0 saturated carbocycles. The molecule has 12 rings (SSSR count). The van der Waals surface area contributed by atoms with Crippen molar-refractivity contribution in [2.75, 3.05) is 26.4 Å². The molecule has 0 radical (unpaired) electrons. The molecule has 25 heteroatoms. The van der Waals surface area contributed by atoms with Gasteiger partial charge in [0, 0.05) is 6.54 Å². The van der Waals surface area contributed by atoms with Crippen LogP contribution in [0.4, 0.5) is 4.79 Å². The molecule has 0 unspecified atom stereocenters. The van der Waals surface area contributed by atoms with Gasteiger partial charge in [-0.2, -0.15) is 0 Å². The molecule has 0 aromatic heterocycles. The van der Waals surface area contributed by atoms with Crippen LogP contribution in [0.25, 0.3) is 0 Å². The van der Waals surface area contributed by atoms with Crippen molar-refractivity contribution in [1.82, 2.24) is 5.32 Å². The lowest BCUT2D eigenvalue weighted by Crippen LogP contribution is -2.62. The van der Waals surface area contributed by atoms with Crippen molar-refractivity contribution in [2.45, 2.75) is 128 Å². The van der Waals surface area contributed by atoms with E-state index in [0.717, 1.165) is 16.7 Å². The van der Waals surface area contributed by atoms with E-state index >= 15 is 13.7 Å². The fourth-order valence-electron chi connectivity index (χ4n) is 11.8. The molecule has 22 nitrogen and oxygen atoms in total. The first-order chi connectivity index (χ1) is 54.0. The number of phosphoric ester groups is 3. The summed E-state index contributed by atoms with van der Waals surface area (Å²) in [6.45, 7) is -2.29. The van der Waals surface area contributed by atoms with Crippen LogP contribution in [0.15, 0.2) is 303 Å². The lowest BCUT2D eigenvalue weighted by Gasteiger charge is -2.47. The second-order valence-corrected chi connectivity index (χ2v) is 30.6. The SMILES string of the molecule is O=C(NCCCO[C@@H]1O[C@H](COCc2ccccc2)[C@@H](O[C@H]2O[C@H](COCc3ccccc3)[C@@H](OP(=O)(OCc3ccccc3)OCc3ccccc3)[C@H](OP(=O)(OCc3ccccc3)OCc3ccccc3)[C@H]2OCc2ccccc2)[C@H]1OP(=O)(OCc1ccccc1)OCc1ccccc1)OCc1ccccc1. The average molecular weight is 1550 g/mol. The molecule has 110 heavy (non-hydrogen) atoms. The number of benzene rings is 10. The number of amides is 1. The fraction of sp³-hybridized carbons (Fsp3) is 0.282. The van der Waals surface area contributed by atoms with Crippen LogP contribution < -0.4 is 5.32 Å². The summed E-state index contributed by atoms with van der Waals surface area (Å²) < 4.78 is 163. The Balaban J connectivity index is 0.980. The van der Waals surface area contributed by atoms with Crippen LogP contribution in [-0.2, 0) is 158 Å². The Morgan fingerprint density at radius 1 is 0.300 bits per heavy atom. The van der Waals surface area contributed by atoms with Crippen LogP contribution >= 0.6 is 23.5 Å². The molecule has 0 bridgehead atoms. The molecule has 2 saturated heterocycles. The molecule has 9 atom stereocenters. The van der Waals surface area contributed by atoms with E-state index in [1.807, 2.05) is 231 Å². The number of nitrogens with one attached hydrogen (secondary N) is 1. The van der Waals surface area contributed by atoms with E-state index in [1.165, 1.54) is 0 Å². The normalized spacial score (nSPS) is 19.4. The van der Waals surface area contributed by atoms with Crippen molar-refractivity contribution < 1.29 is 97.1 Å². The maximum atomic E-state index is 16.5. The first kappa shape index (κ1) is 81.0. The fourth-order valence-corrected chi connectivity index (χ4v) is 15.8. The third-order valence-corrected chi connectivity index (χ3v) is 21.6. The predicted molar refractivity (Wildman–Crippen MR) is 409 cm³/mol. The third kappa shape index (κ3) is 26.1. The Kier molecular flexibility index (Phi) is 31.5. The minimum atomic E-state index is -5.04. The second kappa shape index (κ2) is 42.8. The van der Waals surface area contributed by atoms with Gasteiger partial charge in [0.25, 0.3) is 0 Å². The molecular weight excluding hydrogens is 1460 g/mol. The number of phosphoric acid groups is 3. The van der Waals surface area contributed by atoms with Crippen molar-refractivity contribution in [1.29, 1.82) is 0 Å². The highest BCUT2D eigenvalue weighted by atomic mass is 31.2. The van der Waals surface area contributed by atoms with Gasteiger partial charge in [0.1, 0.15) is 49.3 Å². The molecule has 2 aliphatic heterocycles. The molecule has 0 aliphatic carbocycles. The first-order valence-corrected chi connectivity index (χ1v) is 40.7. The van der Waals surface area contributed by atoms with Crippen LogP contribution in [0.1, 0.15) is 62.1 Å². The summed E-state index contributed by atoms with van der Waals surface area (Å²) in [4.78, 5) is 13.1. The van der Waals surface area contributed by atoms with Gasteiger partial charge in [0.15, 0.2) is 12.6 Å².